The van der Waals surface area contributed by atoms with Crippen molar-refractivity contribution in [1.29, 1.82) is 0 Å². The maximum absolute atomic E-state index is 10.8. The first-order valence-electron chi connectivity index (χ1n) is 3.64. The summed E-state index contributed by atoms with van der Waals surface area (Å²) in [5, 5.41) is 11.9. The number of hydrogen-bond acceptors (Lipinski definition) is 3. The van der Waals surface area contributed by atoms with E-state index in [0.29, 0.717) is 19.6 Å². The van der Waals surface area contributed by atoms with Crippen LogP contribution in [0.5, 0.6) is 0 Å². The van der Waals surface area contributed by atoms with E-state index in [1.165, 1.54) is 7.11 Å². The van der Waals surface area contributed by atoms with Crippen molar-refractivity contribution in [3.05, 3.63) is 0 Å². The van der Waals surface area contributed by atoms with Crippen LogP contribution in [-0.2, 0) is 9.53 Å². The first-order chi connectivity index (χ1) is 5.21. The van der Waals surface area contributed by atoms with Gasteiger partial charge in [0.1, 0.15) is 5.41 Å². The van der Waals surface area contributed by atoms with Crippen molar-refractivity contribution in [2.75, 3.05) is 26.8 Å². The average molecular weight is 196 g/mol. The number of aliphatic carboxylic acids is 1. The summed E-state index contributed by atoms with van der Waals surface area (Å²) in [6, 6.07) is 0. The number of rotatable bonds is 3. The van der Waals surface area contributed by atoms with Gasteiger partial charge in [0.15, 0.2) is 0 Å². The Hall–Kier alpha value is -0.320. The van der Waals surface area contributed by atoms with Crippen LogP contribution in [0.25, 0.3) is 0 Å². The molecule has 1 aliphatic rings. The summed E-state index contributed by atoms with van der Waals surface area (Å²) in [6.45, 7) is 1.60. The zero-order chi connectivity index (χ0) is 8.32. The second-order valence-electron chi connectivity index (χ2n) is 2.95. The van der Waals surface area contributed by atoms with Gasteiger partial charge in [-0.05, 0) is 13.0 Å². The van der Waals surface area contributed by atoms with Crippen LogP contribution in [0.1, 0.15) is 6.42 Å². The molecule has 1 heterocycles. The van der Waals surface area contributed by atoms with E-state index in [4.69, 9.17) is 9.84 Å². The van der Waals surface area contributed by atoms with Crippen LogP contribution < -0.4 is 5.32 Å². The molecule has 0 aliphatic carbocycles. The highest BCUT2D eigenvalue weighted by Crippen LogP contribution is 2.25. The molecule has 0 aromatic carbocycles. The maximum atomic E-state index is 10.8. The van der Waals surface area contributed by atoms with Crippen molar-refractivity contribution >= 4 is 18.4 Å². The van der Waals surface area contributed by atoms with E-state index in [1.54, 1.807) is 0 Å². The summed E-state index contributed by atoms with van der Waals surface area (Å²) in [5.74, 6) is -0.760. The van der Waals surface area contributed by atoms with Gasteiger partial charge in [0.25, 0.3) is 0 Å². The van der Waals surface area contributed by atoms with E-state index in [1.807, 2.05) is 0 Å². The van der Waals surface area contributed by atoms with Gasteiger partial charge in [-0.25, -0.2) is 0 Å². The fraction of sp³-hybridized carbons (Fsp3) is 0.857. The van der Waals surface area contributed by atoms with Crippen molar-refractivity contribution in [1.82, 2.24) is 5.32 Å². The van der Waals surface area contributed by atoms with E-state index in [9.17, 15) is 4.79 Å². The number of methoxy groups -OCH3 is 1. The number of carboxylic acids is 1. The van der Waals surface area contributed by atoms with Crippen molar-refractivity contribution in [2.24, 2.45) is 5.41 Å². The lowest BCUT2D eigenvalue weighted by Gasteiger charge is -2.20. The molecule has 4 nitrogen and oxygen atoms in total. The van der Waals surface area contributed by atoms with Gasteiger partial charge in [-0.2, -0.15) is 0 Å². The van der Waals surface area contributed by atoms with Gasteiger partial charge in [-0.3, -0.25) is 4.79 Å². The molecule has 1 saturated heterocycles. The number of hydrogen-bond donors (Lipinski definition) is 2. The Morgan fingerprint density at radius 1 is 1.75 bits per heavy atom. The molecular formula is C7H14ClNO3. The first-order valence-corrected chi connectivity index (χ1v) is 3.64. The third-order valence-electron chi connectivity index (χ3n) is 2.12. The predicted octanol–water partition coefficient (Wildman–Crippen LogP) is 0.119. The van der Waals surface area contributed by atoms with E-state index in [0.717, 1.165) is 6.54 Å². The summed E-state index contributed by atoms with van der Waals surface area (Å²) in [6.07, 6.45) is 0.663. The van der Waals surface area contributed by atoms with Crippen LogP contribution >= 0.6 is 12.4 Å². The molecule has 0 aromatic heterocycles. The molecule has 0 saturated carbocycles. The van der Waals surface area contributed by atoms with Gasteiger partial charge in [0.05, 0.1) is 6.61 Å². The Kier molecular flexibility index (Phi) is 4.52. The summed E-state index contributed by atoms with van der Waals surface area (Å²) in [7, 11) is 1.53. The quantitative estimate of drug-likeness (QED) is 0.672. The number of halogens is 1. The van der Waals surface area contributed by atoms with E-state index in [-0.39, 0.29) is 12.4 Å². The Balaban J connectivity index is 0.00000121. The van der Waals surface area contributed by atoms with Gasteiger partial charge >= 0.3 is 5.97 Å². The molecular weight excluding hydrogens is 182 g/mol. The van der Waals surface area contributed by atoms with Crippen molar-refractivity contribution < 1.29 is 14.6 Å². The molecule has 0 aromatic rings. The standard InChI is InChI=1S/C7H13NO3.ClH/c1-11-5-7(6(9)10)2-3-8-4-7;/h8H,2-5H2,1H3,(H,9,10);1H. The normalized spacial score (nSPS) is 28.1. The Labute approximate surface area is 77.7 Å². The van der Waals surface area contributed by atoms with Crippen LogP contribution in [0.4, 0.5) is 0 Å². The summed E-state index contributed by atoms with van der Waals surface area (Å²) in [4.78, 5) is 10.8. The zero-order valence-electron chi connectivity index (χ0n) is 7.00. The predicted molar refractivity (Wildman–Crippen MR) is 46.7 cm³/mol. The highest BCUT2D eigenvalue weighted by atomic mass is 35.5. The minimum Gasteiger partial charge on any atom is -0.481 e. The number of ether oxygens (including phenoxy) is 1. The van der Waals surface area contributed by atoms with Crippen molar-refractivity contribution in [3.8, 4) is 0 Å². The molecule has 5 heteroatoms. The van der Waals surface area contributed by atoms with Crippen molar-refractivity contribution in [3.63, 3.8) is 0 Å². The van der Waals surface area contributed by atoms with E-state index >= 15 is 0 Å². The third-order valence-corrected chi connectivity index (χ3v) is 2.12. The average Bonchev–Trinajstić information content (AvgIpc) is 2.38. The highest BCUT2D eigenvalue weighted by Gasteiger charge is 2.41. The molecule has 12 heavy (non-hydrogen) atoms. The number of carbonyl (C=O) groups is 1. The molecule has 0 radical (unpaired) electrons. The summed E-state index contributed by atoms with van der Waals surface area (Å²) < 4.78 is 4.87. The maximum Gasteiger partial charge on any atom is 0.313 e. The van der Waals surface area contributed by atoms with Gasteiger partial charge in [0.2, 0.25) is 0 Å². The second-order valence-corrected chi connectivity index (χ2v) is 2.95. The van der Waals surface area contributed by atoms with Crippen LogP contribution in [0.3, 0.4) is 0 Å². The molecule has 1 aliphatic heterocycles. The van der Waals surface area contributed by atoms with Crippen LogP contribution in [0.15, 0.2) is 0 Å². The molecule has 0 spiro atoms. The molecule has 72 valence electrons. The van der Waals surface area contributed by atoms with Gasteiger partial charge < -0.3 is 15.2 Å². The third kappa shape index (κ3) is 2.09. The fourth-order valence-electron chi connectivity index (χ4n) is 1.39. The summed E-state index contributed by atoms with van der Waals surface area (Å²) in [5.41, 5.74) is -0.672. The Morgan fingerprint density at radius 3 is 2.75 bits per heavy atom. The molecule has 1 unspecified atom stereocenters. The largest absolute Gasteiger partial charge is 0.481 e. The highest BCUT2D eigenvalue weighted by molar-refractivity contribution is 5.85. The molecule has 1 fully saturated rings. The van der Waals surface area contributed by atoms with Crippen LogP contribution in [0, 0.1) is 5.41 Å². The number of carboxylic acid groups (broad SMARTS) is 1. The summed E-state index contributed by atoms with van der Waals surface area (Å²) >= 11 is 0. The minimum atomic E-state index is -0.760. The lowest BCUT2D eigenvalue weighted by atomic mass is 9.88. The topological polar surface area (TPSA) is 58.6 Å². The molecule has 2 N–H and O–H groups in total. The first kappa shape index (κ1) is 11.7. The lowest BCUT2D eigenvalue weighted by Crippen LogP contribution is -2.37. The van der Waals surface area contributed by atoms with Crippen LogP contribution in [-0.4, -0.2) is 37.9 Å². The monoisotopic (exact) mass is 195 g/mol. The zero-order valence-corrected chi connectivity index (χ0v) is 7.82. The minimum absolute atomic E-state index is 0. The van der Waals surface area contributed by atoms with Crippen molar-refractivity contribution in [2.45, 2.75) is 6.42 Å². The SMILES string of the molecule is COCC1(C(=O)O)CCNC1.Cl. The van der Waals surface area contributed by atoms with E-state index < -0.39 is 11.4 Å². The second kappa shape index (κ2) is 4.64. The number of nitrogens with one attached hydrogen (secondary N) is 1. The molecule has 0 amide bonds. The Morgan fingerprint density at radius 2 is 2.42 bits per heavy atom. The smallest absolute Gasteiger partial charge is 0.313 e. The van der Waals surface area contributed by atoms with Gasteiger partial charge in [0, 0.05) is 13.7 Å². The van der Waals surface area contributed by atoms with Crippen LogP contribution in [0.2, 0.25) is 0 Å². The van der Waals surface area contributed by atoms with Gasteiger partial charge in [-0.1, -0.05) is 0 Å². The molecule has 1 rings (SSSR count). The molecule has 0 bridgehead atoms. The van der Waals surface area contributed by atoms with Gasteiger partial charge in [-0.15, -0.1) is 12.4 Å². The lowest BCUT2D eigenvalue weighted by molar-refractivity contribution is -0.150. The fourth-order valence-corrected chi connectivity index (χ4v) is 1.39. The Bertz CT molecular complexity index is 157. The molecule has 1 atom stereocenters. The van der Waals surface area contributed by atoms with E-state index in [2.05, 4.69) is 5.32 Å².